The Morgan fingerprint density at radius 2 is 1.92 bits per heavy atom. The van der Waals surface area contributed by atoms with Gasteiger partial charge in [-0.3, -0.25) is 9.59 Å². The smallest absolute Gasteiger partial charge is 0.410 e. The Morgan fingerprint density at radius 1 is 1.21 bits per heavy atom. The van der Waals surface area contributed by atoms with E-state index < -0.39 is 12.1 Å². The van der Waals surface area contributed by atoms with Crippen molar-refractivity contribution in [2.45, 2.75) is 26.2 Å². The van der Waals surface area contributed by atoms with Gasteiger partial charge in [0.2, 0.25) is 0 Å². The average Bonchev–Trinajstić information content (AvgIpc) is 3.24. The molecule has 1 aliphatic carbocycles. The molecule has 1 aliphatic rings. The van der Waals surface area contributed by atoms with Gasteiger partial charge in [0.25, 0.3) is 0 Å². The van der Waals surface area contributed by atoms with Gasteiger partial charge in [-0.2, -0.15) is 0 Å². The van der Waals surface area contributed by atoms with Crippen LogP contribution in [0.1, 0.15) is 26.2 Å². The number of hydrogen-bond acceptors (Lipinski definition) is 6. The van der Waals surface area contributed by atoms with Crippen LogP contribution in [0, 0.1) is 17.8 Å². The second kappa shape index (κ2) is 9.95. The van der Waals surface area contributed by atoms with Crippen molar-refractivity contribution in [3.05, 3.63) is 12.7 Å². The predicted molar refractivity (Wildman–Crippen MR) is 87.1 cm³/mol. The molecule has 24 heavy (non-hydrogen) atoms. The average molecular weight is 341 g/mol. The Balaban J connectivity index is 2.28. The van der Waals surface area contributed by atoms with Crippen LogP contribution in [0.5, 0.6) is 0 Å². The molecule has 3 unspecified atom stereocenters. The zero-order chi connectivity index (χ0) is 18.1. The fourth-order valence-electron chi connectivity index (χ4n) is 2.85. The van der Waals surface area contributed by atoms with Crippen molar-refractivity contribution in [3.8, 4) is 0 Å². The lowest BCUT2D eigenvalue weighted by molar-refractivity contribution is -0.145. The lowest BCUT2D eigenvalue weighted by Crippen LogP contribution is -2.33. The Hall–Kier alpha value is -2.05. The molecule has 1 rings (SSSR count). The molecule has 0 aromatic rings. The van der Waals surface area contributed by atoms with Crippen molar-refractivity contribution in [1.82, 2.24) is 4.90 Å². The van der Waals surface area contributed by atoms with E-state index in [1.807, 2.05) is 6.08 Å². The zero-order valence-electron chi connectivity index (χ0n) is 14.7. The fraction of sp³-hybridized carbons (Fsp3) is 0.706. The van der Waals surface area contributed by atoms with E-state index >= 15 is 0 Å². The first-order valence-corrected chi connectivity index (χ1v) is 8.18. The van der Waals surface area contributed by atoms with Crippen LogP contribution in [-0.2, 0) is 23.8 Å². The largest absolute Gasteiger partial charge is 0.468 e. The molecule has 0 radical (unpaired) electrons. The number of amides is 1. The van der Waals surface area contributed by atoms with Gasteiger partial charge in [0.1, 0.15) is 6.54 Å². The van der Waals surface area contributed by atoms with E-state index in [4.69, 9.17) is 9.47 Å². The van der Waals surface area contributed by atoms with E-state index in [0.29, 0.717) is 13.0 Å². The summed E-state index contributed by atoms with van der Waals surface area (Å²) in [5.74, 6) is -0.186. The van der Waals surface area contributed by atoms with Gasteiger partial charge in [-0.15, -0.1) is 6.58 Å². The minimum Gasteiger partial charge on any atom is -0.468 e. The van der Waals surface area contributed by atoms with Gasteiger partial charge >= 0.3 is 18.0 Å². The summed E-state index contributed by atoms with van der Waals surface area (Å²) < 4.78 is 14.7. The first-order valence-electron chi connectivity index (χ1n) is 8.18. The molecule has 7 heteroatoms. The summed E-state index contributed by atoms with van der Waals surface area (Å²) in [4.78, 5) is 35.8. The Labute approximate surface area is 142 Å². The molecule has 1 fully saturated rings. The van der Waals surface area contributed by atoms with E-state index in [0.717, 1.165) is 17.7 Å². The molecule has 1 amide bonds. The van der Waals surface area contributed by atoms with Gasteiger partial charge in [-0.05, 0) is 38.0 Å². The van der Waals surface area contributed by atoms with E-state index in [9.17, 15) is 14.4 Å². The molecule has 0 saturated heterocycles. The topological polar surface area (TPSA) is 82.1 Å². The van der Waals surface area contributed by atoms with Crippen LogP contribution in [0.3, 0.4) is 0 Å². The van der Waals surface area contributed by atoms with Gasteiger partial charge in [0.05, 0.1) is 26.2 Å². The van der Waals surface area contributed by atoms with Crippen LogP contribution in [-0.4, -0.2) is 56.8 Å². The second-order valence-electron chi connectivity index (χ2n) is 5.82. The van der Waals surface area contributed by atoms with Crippen LogP contribution < -0.4 is 0 Å². The Kier molecular flexibility index (Phi) is 8.29. The number of methoxy groups -OCH3 is 1. The monoisotopic (exact) mass is 341 g/mol. The van der Waals surface area contributed by atoms with Crippen molar-refractivity contribution in [2.24, 2.45) is 17.8 Å². The van der Waals surface area contributed by atoms with Crippen LogP contribution >= 0.6 is 0 Å². The van der Waals surface area contributed by atoms with Crippen molar-refractivity contribution in [3.63, 3.8) is 0 Å². The molecule has 0 heterocycles. The number of allylic oxidation sites excluding steroid dienone is 1. The first kappa shape index (κ1) is 20.0. The summed E-state index contributed by atoms with van der Waals surface area (Å²) in [5.41, 5.74) is 0. The summed E-state index contributed by atoms with van der Waals surface area (Å²) in [6.45, 7) is 5.99. The lowest BCUT2D eigenvalue weighted by Gasteiger charge is -2.15. The maximum Gasteiger partial charge on any atom is 0.410 e. The number of ether oxygens (including phenoxy) is 3. The standard InChI is InChI=1S/C17H27NO6/c1-5-8-12-13(15(12)16(20)23-6-2)9-7-10-24-17(21)18(3)11-14(19)22-4/h5,12-13,15H,1,6-11H2,2-4H3. The number of likely N-dealkylation sites (N-methyl/N-ethyl adjacent to an activating group) is 1. The molecule has 3 atom stereocenters. The quantitative estimate of drug-likeness (QED) is 0.262. The minimum atomic E-state index is -0.569. The SMILES string of the molecule is C=CCC1C(CCCOC(=O)N(C)CC(=O)OC)C1C(=O)OCC. The summed E-state index contributed by atoms with van der Waals surface area (Å²) in [5, 5.41) is 0. The van der Waals surface area contributed by atoms with E-state index in [-0.39, 0.29) is 36.9 Å². The van der Waals surface area contributed by atoms with Crippen LogP contribution in [0.25, 0.3) is 0 Å². The molecular formula is C17H27NO6. The highest BCUT2D eigenvalue weighted by Crippen LogP contribution is 2.52. The highest BCUT2D eigenvalue weighted by molar-refractivity contribution is 5.77. The maximum atomic E-state index is 11.9. The minimum absolute atomic E-state index is 0.0688. The van der Waals surface area contributed by atoms with E-state index in [1.54, 1.807) is 6.92 Å². The molecular weight excluding hydrogens is 314 g/mol. The van der Waals surface area contributed by atoms with Gasteiger partial charge in [-0.25, -0.2) is 4.79 Å². The van der Waals surface area contributed by atoms with E-state index in [1.165, 1.54) is 14.2 Å². The fourth-order valence-corrected chi connectivity index (χ4v) is 2.85. The predicted octanol–water partition coefficient (Wildman–Crippen LogP) is 2.01. The van der Waals surface area contributed by atoms with Crippen molar-refractivity contribution in [1.29, 1.82) is 0 Å². The Bertz CT molecular complexity index is 464. The molecule has 0 spiro atoms. The molecule has 0 aliphatic heterocycles. The highest BCUT2D eigenvalue weighted by atomic mass is 16.6. The van der Waals surface area contributed by atoms with Crippen molar-refractivity contribution < 1.29 is 28.6 Å². The van der Waals surface area contributed by atoms with Crippen LogP contribution in [0.15, 0.2) is 12.7 Å². The number of esters is 2. The van der Waals surface area contributed by atoms with Gasteiger partial charge in [0, 0.05) is 7.05 Å². The zero-order valence-corrected chi connectivity index (χ0v) is 14.7. The number of carbonyl (C=O) groups excluding carboxylic acids is 3. The molecule has 0 bridgehead atoms. The molecule has 1 saturated carbocycles. The number of rotatable bonds is 10. The summed E-state index contributed by atoms with van der Waals surface area (Å²) in [7, 11) is 2.73. The van der Waals surface area contributed by atoms with Crippen molar-refractivity contribution in [2.75, 3.05) is 33.9 Å². The van der Waals surface area contributed by atoms with Gasteiger partial charge < -0.3 is 19.1 Å². The molecule has 7 nitrogen and oxygen atoms in total. The van der Waals surface area contributed by atoms with Crippen molar-refractivity contribution >= 4 is 18.0 Å². The molecule has 136 valence electrons. The molecule has 0 N–H and O–H groups in total. The summed E-state index contributed by atoms with van der Waals surface area (Å²) >= 11 is 0. The lowest BCUT2D eigenvalue weighted by atomic mass is 10.1. The second-order valence-corrected chi connectivity index (χ2v) is 5.82. The number of carbonyl (C=O) groups is 3. The van der Waals surface area contributed by atoms with Crippen LogP contribution in [0.4, 0.5) is 4.79 Å². The molecule has 0 aromatic heterocycles. The first-order chi connectivity index (χ1) is 11.5. The maximum absolute atomic E-state index is 11.9. The van der Waals surface area contributed by atoms with Crippen LogP contribution in [0.2, 0.25) is 0 Å². The third kappa shape index (κ3) is 5.86. The molecule has 0 aromatic carbocycles. The highest BCUT2D eigenvalue weighted by Gasteiger charge is 2.53. The number of nitrogens with zero attached hydrogens (tertiary/aromatic N) is 1. The third-order valence-corrected chi connectivity index (χ3v) is 4.14. The summed E-state index contributed by atoms with van der Waals surface area (Å²) in [6.07, 6.45) is 3.48. The Morgan fingerprint density at radius 3 is 2.50 bits per heavy atom. The van der Waals surface area contributed by atoms with Gasteiger partial charge in [-0.1, -0.05) is 6.08 Å². The third-order valence-electron chi connectivity index (χ3n) is 4.14. The van der Waals surface area contributed by atoms with Gasteiger partial charge in [0.15, 0.2) is 0 Å². The van der Waals surface area contributed by atoms with E-state index in [2.05, 4.69) is 11.3 Å². The summed E-state index contributed by atoms with van der Waals surface area (Å²) in [6, 6.07) is 0. The number of hydrogen-bond donors (Lipinski definition) is 0. The normalized spacial score (nSPS) is 21.5.